The van der Waals surface area contributed by atoms with Crippen LogP contribution >= 0.6 is 24.0 Å². The number of benzene rings is 1. The number of guanidine groups is 1. The quantitative estimate of drug-likeness (QED) is 0.294. The molecule has 0 radical (unpaired) electrons. The summed E-state index contributed by atoms with van der Waals surface area (Å²) < 4.78 is 10.5. The van der Waals surface area contributed by atoms with Crippen molar-refractivity contribution in [3.63, 3.8) is 0 Å². The number of methoxy groups -OCH3 is 1. The summed E-state index contributed by atoms with van der Waals surface area (Å²) in [5, 5.41) is 3.16. The van der Waals surface area contributed by atoms with Gasteiger partial charge >= 0.3 is 0 Å². The maximum atomic E-state index is 5.89. The van der Waals surface area contributed by atoms with Gasteiger partial charge in [-0.2, -0.15) is 0 Å². The van der Waals surface area contributed by atoms with Crippen LogP contribution in [0.1, 0.15) is 12.0 Å². The molecule has 0 atom stereocenters. The Bertz CT molecular complexity index is 479. The van der Waals surface area contributed by atoms with Crippen molar-refractivity contribution in [3.8, 4) is 5.75 Å². The lowest BCUT2D eigenvalue weighted by Gasteiger charge is -2.26. The Labute approximate surface area is 155 Å². The number of rotatable bonds is 7. The van der Waals surface area contributed by atoms with E-state index in [4.69, 9.17) is 15.2 Å². The number of aliphatic imine (C=N–C) groups is 1. The summed E-state index contributed by atoms with van der Waals surface area (Å²) in [4.78, 5) is 6.76. The fraction of sp³-hybridized carbons (Fsp3) is 0.562. The van der Waals surface area contributed by atoms with Crippen molar-refractivity contribution in [3.05, 3.63) is 29.8 Å². The van der Waals surface area contributed by atoms with Gasteiger partial charge in [0.25, 0.3) is 0 Å². The van der Waals surface area contributed by atoms with Crippen LogP contribution in [0.4, 0.5) is 0 Å². The van der Waals surface area contributed by atoms with Gasteiger partial charge in [0, 0.05) is 19.6 Å². The molecule has 3 N–H and O–H groups in total. The molecule has 0 spiro atoms. The van der Waals surface area contributed by atoms with Crippen LogP contribution in [0.3, 0.4) is 0 Å². The Hall–Kier alpha value is -1.06. The van der Waals surface area contributed by atoms with E-state index in [1.807, 2.05) is 24.3 Å². The molecule has 0 bridgehead atoms. The van der Waals surface area contributed by atoms with Gasteiger partial charge in [0.05, 0.1) is 26.9 Å². The van der Waals surface area contributed by atoms with Gasteiger partial charge in [-0.05, 0) is 30.7 Å². The standard InChI is InChI=1S/C16H26N4O2.HI/c1-21-15-5-2-4-14(12-15)13-19-16(17)18-6-3-7-20-8-10-22-11-9-20;/h2,4-5,12H,3,6-11,13H2,1H3,(H3,17,18,19);1H. The molecule has 1 saturated heterocycles. The Balaban J connectivity index is 0.00000264. The van der Waals surface area contributed by atoms with Gasteiger partial charge in [-0.15, -0.1) is 24.0 Å². The number of nitrogens with two attached hydrogens (primary N) is 1. The van der Waals surface area contributed by atoms with Crippen molar-refractivity contribution in [2.75, 3.05) is 46.5 Å². The number of hydrogen-bond acceptors (Lipinski definition) is 4. The van der Waals surface area contributed by atoms with Crippen LogP contribution in [-0.4, -0.2) is 57.4 Å². The summed E-state index contributed by atoms with van der Waals surface area (Å²) >= 11 is 0. The predicted octanol–water partition coefficient (Wildman–Crippen LogP) is 1.44. The highest BCUT2D eigenvalue weighted by atomic mass is 127. The van der Waals surface area contributed by atoms with Crippen molar-refractivity contribution in [2.45, 2.75) is 13.0 Å². The minimum absolute atomic E-state index is 0. The normalized spacial score (nSPS) is 15.8. The van der Waals surface area contributed by atoms with Gasteiger partial charge in [-0.3, -0.25) is 4.90 Å². The maximum absolute atomic E-state index is 5.89. The lowest BCUT2D eigenvalue weighted by Crippen LogP contribution is -2.39. The third-order valence-electron chi connectivity index (χ3n) is 3.63. The van der Waals surface area contributed by atoms with Crippen molar-refractivity contribution in [1.82, 2.24) is 10.2 Å². The minimum Gasteiger partial charge on any atom is -0.497 e. The minimum atomic E-state index is 0. The van der Waals surface area contributed by atoms with E-state index in [-0.39, 0.29) is 24.0 Å². The van der Waals surface area contributed by atoms with Crippen molar-refractivity contribution in [1.29, 1.82) is 0 Å². The third kappa shape index (κ3) is 7.85. The van der Waals surface area contributed by atoms with E-state index in [1.54, 1.807) is 7.11 Å². The van der Waals surface area contributed by atoms with Crippen LogP contribution in [0.25, 0.3) is 0 Å². The zero-order chi connectivity index (χ0) is 15.6. The number of nitrogens with zero attached hydrogens (tertiary/aromatic N) is 2. The smallest absolute Gasteiger partial charge is 0.188 e. The molecule has 1 aromatic rings. The maximum Gasteiger partial charge on any atom is 0.188 e. The lowest BCUT2D eigenvalue weighted by molar-refractivity contribution is 0.0376. The molecule has 0 unspecified atom stereocenters. The van der Waals surface area contributed by atoms with E-state index in [2.05, 4.69) is 15.2 Å². The van der Waals surface area contributed by atoms with Gasteiger partial charge < -0.3 is 20.5 Å². The second-order valence-corrected chi connectivity index (χ2v) is 5.29. The molecular formula is C16H27IN4O2. The monoisotopic (exact) mass is 434 g/mol. The lowest BCUT2D eigenvalue weighted by atomic mass is 10.2. The number of nitrogens with one attached hydrogen (secondary N) is 1. The summed E-state index contributed by atoms with van der Waals surface area (Å²) in [6, 6.07) is 7.85. The van der Waals surface area contributed by atoms with Gasteiger partial charge in [0.15, 0.2) is 5.96 Å². The number of morpholine rings is 1. The molecule has 0 aromatic heterocycles. The molecule has 0 saturated carbocycles. The summed E-state index contributed by atoms with van der Waals surface area (Å²) in [6.45, 7) is 6.21. The fourth-order valence-corrected chi connectivity index (χ4v) is 2.35. The third-order valence-corrected chi connectivity index (χ3v) is 3.63. The Morgan fingerprint density at radius 3 is 2.91 bits per heavy atom. The van der Waals surface area contributed by atoms with Crippen LogP contribution in [0.15, 0.2) is 29.3 Å². The summed E-state index contributed by atoms with van der Waals surface area (Å²) in [6.07, 6.45) is 1.05. The first-order chi connectivity index (χ1) is 10.8. The second kappa shape index (κ2) is 11.5. The highest BCUT2D eigenvalue weighted by Crippen LogP contribution is 2.12. The van der Waals surface area contributed by atoms with Crippen molar-refractivity contribution in [2.24, 2.45) is 10.7 Å². The fourth-order valence-electron chi connectivity index (χ4n) is 2.35. The molecule has 6 nitrogen and oxygen atoms in total. The van der Waals surface area contributed by atoms with Crippen LogP contribution in [0, 0.1) is 0 Å². The van der Waals surface area contributed by atoms with Gasteiger partial charge in [-0.1, -0.05) is 12.1 Å². The molecule has 23 heavy (non-hydrogen) atoms. The zero-order valence-corrected chi connectivity index (χ0v) is 16.0. The largest absolute Gasteiger partial charge is 0.497 e. The Morgan fingerprint density at radius 1 is 1.39 bits per heavy atom. The average Bonchev–Trinajstić information content (AvgIpc) is 2.58. The van der Waals surface area contributed by atoms with E-state index in [1.165, 1.54) is 0 Å². The predicted molar refractivity (Wildman–Crippen MR) is 104 cm³/mol. The van der Waals surface area contributed by atoms with E-state index >= 15 is 0 Å². The topological polar surface area (TPSA) is 72.1 Å². The second-order valence-electron chi connectivity index (χ2n) is 5.29. The van der Waals surface area contributed by atoms with Crippen LogP contribution in [0.2, 0.25) is 0 Å². The molecular weight excluding hydrogens is 407 g/mol. The molecule has 1 fully saturated rings. The number of ether oxygens (including phenoxy) is 2. The molecule has 2 rings (SSSR count). The van der Waals surface area contributed by atoms with E-state index in [0.717, 1.165) is 57.1 Å². The molecule has 130 valence electrons. The molecule has 0 aliphatic carbocycles. The van der Waals surface area contributed by atoms with Crippen molar-refractivity contribution < 1.29 is 9.47 Å². The van der Waals surface area contributed by atoms with Gasteiger partial charge in [0.1, 0.15) is 5.75 Å². The summed E-state index contributed by atoms with van der Waals surface area (Å²) in [7, 11) is 1.66. The zero-order valence-electron chi connectivity index (χ0n) is 13.7. The molecule has 1 aliphatic rings. The average molecular weight is 434 g/mol. The van der Waals surface area contributed by atoms with Gasteiger partial charge in [-0.25, -0.2) is 4.99 Å². The first-order valence-corrected chi connectivity index (χ1v) is 7.75. The summed E-state index contributed by atoms with van der Waals surface area (Å²) in [5.74, 6) is 1.33. The molecule has 1 heterocycles. The Morgan fingerprint density at radius 2 is 2.17 bits per heavy atom. The van der Waals surface area contributed by atoms with Crippen LogP contribution in [0.5, 0.6) is 5.75 Å². The molecule has 1 aliphatic heterocycles. The molecule has 0 amide bonds. The van der Waals surface area contributed by atoms with E-state index in [0.29, 0.717) is 12.5 Å². The highest BCUT2D eigenvalue weighted by Gasteiger charge is 2.08. The number of halogens is 1. The SMILES string of the molecule is COc1cccc(CN=C(N)NCCCN2CCOCC2)c1.I. The van der Waals surface area contributed by atoms with Crippen LogP contribution in [-0.2, 0) is 11.3 Å². The molecule has 7 heteroatoms. The first-order valence-electron chi connectivity index (χ1n) is 7.75. The highest BCUT2D eigenvalue weighted by molar-refractivity contribution is 14.0. The first kappa shape index (κ1) is 20.0. The van der Waals surface area contributed by atoms with E-state index < -0.39 is 0 Å². The van der Waals surface area contributed by atoms with Crippen LogP contribution < -0.4 is 15.8 Å². The van der Waals surface area contributed by atoms with Crippen molar-refractivity contribution >= 4 is 29.9 Å². The number of hydrogen-bond donors (Lipinski definition) is 2. The van der Waals surface area contributed by atoms with Gasteiger partial charge in [0.2, 0.25) is 0 Å². The molecule has 1 aromatic carbocycles. The summed E-state index contributed by atoms with van der Waals surface area (Å²) in [5.41, 5.74) is 6.97. The van der Waals surface area contributed by atoms with E-state index in [9.17, 15) is 0 Å². The Kier molecular flexibility index (Phi) is 9.97.